The van der Waals surface area contributed by atoms with Crippen LogP contribution in [0.25, 0.3) is 0 Å². The summed E-state index contributed by atoms with van der Waals surface area (Å²) in [6, 6.07) is 0. The third-order valence-corrected chi connectivity index (χ3v) is 1.07. The largest absolute Gasteiger partial charge is 0.368 e. The molecule has 0 amide bonds. The molecule has 0 N–H and O–H groups in total. The predicted molar refractivity (Wildman–Crippen MR) is 26.2 cm³/mol. The SMILES string of the molecule is FCC(F)(F)C(F)(F)C(F)=C(F)F. The second kappa shape index (κ2) is 3.51. The van der Waals surface area contributed by atoms with Gasteiger partial charge >= 0.3 is 17.9 Å². The average Bonchev–Trinajstić information content (AvgIpc) is 2.02. The van der Waals surface area contributed by atoms with Crippen molar-refractivity contribution in [1.82, 2.24) is 0 Å². The van der Waals surface area contributed by atoms with Crippen LogP contribution in [0.15, 0.2) is 11.9 Å². The number of hydrogen-bond acceptors (Lipinski definition) is 0. The van der Waals surface area contributed by atoms with Crippen LogP contribution in [0.3, 0.4) is 0 Å². The molecule has 0 rings (SSSR count). The molecule has 0 spiro atoms. The van der Waals surface area contributed by atoms with Crippen molar-refractivity contribution in [3.63, 3.8) is 0 Å². The van der Waals surface area contributed by atoms with Crippen LogP contribution in [-0.4, -0.2) is 18.5 Å². The highest BCUT2D eigenvalue weighted by atomic mass is 19.3. The third-order valence-electron chi connectivity index (χ3n) is 1.07. The van der Waals surface area contributed by atoms with E-state index in [1.165, 1.54) is 0 Å². The molecule has 0 nitrogen and oxygen atoms in total. The molecule has 0 heterocycles. The molecule has 0 unspecified atom stereocenters. The van der Waals surface area contributed by atoms with Crippen molar-refractivity contribution in [3.8, 4) is 0 Å². The lowest BCUT2D eigenvalue weighted by Gasteiger charge is -2.21. The quantitative estimate of drug-likeness (QED) is 0.632. The molecule has 13 heavy (non-hydrogen) atoms. The van der Waals surface area contributed by atoms with E-state index in [0.717, 1.165) is 0 Å². The minimum Gasteiger partial charge on any atom is -0.244 e. The van der Waals surface area contributed by atoms with E-state index in [1.54, 1.807) is 0 Å². The minimum atomic E-state index is -5.82. The Morgan fingerprint density at radius 1 is 0.923 bits per heavy atom. The van der Waals surface area contributed by atoms with Crippen molar-refractivity contribution in [2.24, 2.45) is 0 Å². The van der Waals surface area contributed by atoms with Crippen LogP contribution < -0.4 is 0 Å². The van der Waals surface area contributed by atoms with Gasteiger partial charge in [-0.1, -0.05) is 0 Å². The lowest BCUT2D eigenvalue weighted by Crippen LogP contribution is -2.43. The molecule has 0 aliphatic carbocycles. The van der Waals surface area contributed by atoms with Crippen LogP contribution >= 0.6 is 0 Å². The summed E-state index contributed by atoms with van der Waals surface area (Å²) in [5.41, 5.74) is 0. The monoisotopic (exact) mass is 214 g/mol. The van der Waals surface area contributed by atoms with Gasteiger partial charge in [-0.15, -0.1) is 0 Å². The fourth-order valence-corrected chi connectivity index (χ4v) is 0.363. The van der Waals surface area contributed by atoms with Crippen LogP contribution in [0.4, 0.5) is 35.1 Å². The van der Waals surface area contributed by atoms with Crippen LogP contribution in [-0.2, 0) is 0 Å². The molecule has 8 heteroatoms. The molecule has 0 saturated heterocycles. The molecule has 78 valence electrons. The zero-order valence-electron chi connectivity index (χ0n) is 5.73. The first-order valence-electron chi connectivity index (χ1n) is 2.69. The molecule has 0 atom stereocenters. The van der Waals surface area contributed by atoms with Gasteiger partial charge < -0.3 is 0 Å². The standard InChI is InChI=1S/C5H2F8/c6-1-4(10,11)5(12,13)2(7)3(8)9/h1H2. The van der Waals surface area contributed by atoms with Crippen LogP contribution in [0.1, 0.15) is 0 Å². The number of alkyl halides is 5. The van der Waals surface area contributed by atoms with Gasteiger partial charge in [0, 0.05) is 0 Å². The normalized spacial score (nSPS) is 12.9. The minimum absolute atomic E-state index is 2.93. The van der Waals surface area contributed by atoms with Gasteiger partial charge in [-0.3, -0.25) is 0 Å². The Bertz CT molecular complexity index is 213. The zero-order chi connectivity index (χ0) is 10.9. The first kappa shape index (κ1) is 12.2. The van der Waals surface area contributed by atoms with E-state index in [1.807, 2.05) is 0 Å². The lowest BCUT2D eigenvalue weighted by molar-refractivity contribution is -0.204. The number of halogens is 8. The highest BCUT2D eigenvalue weighted by Gasteiger charge is 2.61. The molecular formula is C5H2F8. The predicted octanol–water partition coefficient (Wildman–Crippen LogP) is 3.30. The van der Waals surface area contributed by atoms with Crippen molar-refractivity contribution in [3.05, 3.63) is 11.9 Å². The Hall–Kier alpha value is -0.820. The maximum absolute atomic E-state index is 11.9. The van der Waals surface area contributed by atoms with Crippen LogP contribution in [0.5, 0.6) is 0 Å². The molecule has 0 aromatic heterocycles. The van der Waals surface area contributed by atoms with Gasteiger partial charge in [-0.25, -0.2) is 4.39 Å². The number of allylic oxidation sites excluding steroid dienone is 1. The molecule has 0 radical (unpaired) electrons. The molecule has 0 aliphatic rings. The zero-order valence-corrected chi connectivity index (χ0v) is 5.73. The first-order chi connectivity index (χ1) is 5.66. The van der Waals surface area contributed by atoms with Crippen molar-refractivity contribution < 1.29 is 35.1 Å². The van der Waals surface area contributed by atoms with Gasteiger partial charge in [0.15, 0.2) is 6.67 Å². The fourth-order valence-electron chi connectivity index (χ4n) is 0.363. The summed E-state index contributed by atoms with van der Waals surface area (Å²) in [5.74, 6) is -14.9. The highest BCUT2D eigenvalue weighted by molar-refractivity contribution is 5.10. The molecule has 0 bridgehead atoms. The van der Waals surface area contributed by atoms with E-state index in [-0.39, 0.29) is 0 Å². The Morgan fingerprint density at radius 3 is 1.54 bits per heavy atom. The van der Waals surface area contributed by atoms with Crippen molar-refractivity contribution >= 4 is 0 Å². The Balaban J connectivity index is 5.09. The second-order valence-corrected chi connectivity index (χ2v) is 1.99. The van der Waals surface area contributed by atoms with E-state index < -0.39 is 30.4 Å². The Morgan fingerprint density at radius 2 is 1.31 bits per heavy atom. The van der Waals surface area contributed by atoms with Gasteiger partial charge in [0.1, 0.15) is 0 Å². The number of hydrogen-bond donors (Lipinski definition) is 0. The smallest absolute Gasteiger partial charge is 0.244 e. The van der Waals surface area contributed by atoms with Crippen LogP contribution in [0, 0.1) is 0 Å². The van der Waals surface area contributed by atoms with Gasteiger partial charge in [0.05, 0.1) is 0 Å². The molecular weight excluding hydrogens is 212 g/mol. The third kappa shape index (κ3) is 2.10. The van der Waals surface area contributed by atoms with E-state index >= 15 is 0 Å². The van der Waals surface area contributed by atoms with E-state index in [9.17, 15) is 35.1 Å². The van der Waals surface area contributed by atoms with Gasteiger partial charge in [-0.05, 0) is 0 Å². The topological polar surface area (TPSA) is 0 Å². The maximum Gasteiger partial charge on any atom is 0.368 e. The summed E-state index contributed by atoms with van der Waals surface area (Å²) < 4.78 is 92.8. The molecule has 0 fully saturated rings. The van der Waals surface area contributed by atoms with Gasteiger partial charge in [0.25, 0.3) is 0 Å². The number of rotatable bonds is 3. The van der Waals surface area contributed by atoms with Crippen molar-refractivity contribution in [1.29, 1.82) is 0 Å². The summed E-state index contributed by atoms with van der Waals surface area (Å²) in [4.78, 5) is 0. The summed E-state index contributed by atoms with van der Waals surface area (Å²) >= 11 is 0. The average molecular weight is 214 g/mol. The fraction of sp³-hybridized carbons (Fsp3) is 0.600. The van der Waals surface area contributed by atoms with Crippen molar-refractivity contribution in [2.75, 3.05) is 6.67 Å². The maximum atomic E-state index is 11.9. The summed E-state index contributed by atoms with van der Waals surface area (Å²) in [6.07, 6.45) is -3.60. The summed E-state index contributed by atoms with van der Waals surface area (Å²) in [7, 11) is 0. The Labute approximate surface area is 66.8 Å². The molecule has 0 saturated carbocycles. The summed E-state index contributed by atoms with van der Waals surface area (Å²) in [5, 5.41) is 0. The van der Waals surface area contributed by atoms with Gasteiger partial charge in [-0.2, -0.15) is 30.7 Å². The van der Waals surface area contributed by atoms with E-state index in [4.69, 9.17) is 0 Å². The van der Waals surface area contributed by atoms with E-state index in [2.05, 4.69) is 0 Å². The molecule has 0 aliphatic heterocycles. The van der Waals surface area contributed by atoms with Crippen LogP contribution in [0.2, 0.25) is 0 Å². The summed E-state index contributed by atoms with van der Waals surface area (Å²) in [6.45, 7) is -2.93. The second-order valence-electron chi connectivity index (χ2n) is 1.99. The Kier molecular flexibility index (Phi) is 3.28. The molecule has 0 aromatic rings. The van der Waals surface area contributed by atoms with E-state index in [0.29, 0.717) is 0 Å². The first-order valence-corrected chi connectivity index (χ1v) is 2.69. The lowest BCUT2D eigenvalue weighted by atomic mass is 10.2. The van der Waals surface area contributed by atoms with Crippen molar-refractivity contribution in [2.45, 2.75) is 11.8 Å². The van der Waals surface area contributed by atoms with Gasteiger partial charge in [0.2, 0.25) is 5.83 Å². The molecule has 0 aromatic carbocycles. The highest BCUT2D eigenvalue weighted by Crippen LogP contribution is 2.42.